The van der Waals surface area contributed by atoms with Gasteiger partial charge >= 0.3 is 17.9 Å². The molecule has 2 N–H and O–H groups in total. The lowest BCUT2D eigenvalue weighted by Crippen LogP contribution is -2.65. The van der Waals surface area contributed by atoms with Gasteiger partial charge in [-0.05, 0) is 38.3 Å². The molecule has 7 unspecified atom stereocenters. The Labute approximate surface area is 148 Å². The Balaban J connectivity index is 1.93. The third-order valence-corrected chi connectivity index (χ3v) is 5.91. The van der Waals surface area contributed by atoms with Crippen molar-refractivity contribution in [3.8, 4) is 0 Å². The highest BCUT2D eigenvalue weighted by Crippen LogP contribution is 2.55. The molecule has 4 aliphatic heterocycles. The van der Waals surface area contributed by atoms with Crippen LogP contribution < -0.4 is 0 Å². The average Bonchev–Trinajstić information content (AvgIpc) is 3.07. The van der Waals surface area contributed by atoms with E-state index < -0.39 is 59.1 Å². The molecule has 0 saturated carbocycles. The smallest absolute Gasteiger partial charge is 0.342 e. The Hall–Kier alpha value is -1.97. The summed E-state index contributed by atoms with van der Waals surface area (Å²) in [5.41, 5.74) is -3.62. The zero-order chi connectivity index (χ0) is 19.1. The lowest BCUT2D eigenvalue weighted by atomic mass is 9.74. The predicted molar refractivity (Wildman–Crippen MR) is 81.2 cm³/mol. The van der Waals surface area contributed by atoms with Crippen LogP contribution in [0.2, 0.25) is 0 Å². The first-order valence-electron chi connectivity index (χ1n) is 8.48. The van der Waals surface area contributed by atoms with Gasteiger partial charge in [-0.15, -0.1) is 0 Å². The van der Waals surface area contributed by atoms with E-state index in [1.165, 1.54) is 13.0 Å². The van der Waals surface area contributed by atoms with Gasteiger partial charge in [0.25, 0.3) is 5.79 Å². The van der Waals surface area contributed by atoms with Gasteiger partial charge in [0.1, 0.15) is 0 Å². The van der Waals surface area contributed by atoms with E-state index in [1.54, 1.807) is 6.92 Å². The maximum absolute atomic E-state index is 12.5. The van der Waals surface area contributed by atoms with Crippen LogP contribution in [0.1, 0.15) is 33.6 Å². The molecule has 0 aromatic heterocycles. The number of hydrogen-bond donors (Lipinski definition) is 2. The minimum Gasteiger partial charge on any atom is -0.455 e. The van der Waals surface area contributed by atoms with Gasteiger partial charge in [0.15, 0.2) is 17.8 Å². The van der Waals surface area contributed by atoms with E-state index >= 15 is 0 Å². The highest BCUT2D eigenvalue weighted by atomic mass is 16.8. The fourth-order valence-corrected chi connectivity index (χ4v) is 4.43. The minimum absolute atomic E-state index is 0.107. The third kappa shape index (κ3) is 1.88. The molecule has 142 valence electrons. The number of carbonyl (C=O) groups excluding carboxylic acids is 3. The van der Waals surface area contributed by atoms with Crippen molar-refractivity contribution >= 4 is 17.9 Å². The van der Waals surface area contributed by atoms with Gasteiger partial charge in [0.2, 0.25) is 5.60 Å². The predicted octanol–water partition coefficient (Wildman–Crippen LogP) is -0.666. The van der Waals surface area contributed by atoms with Crippen LogP contribution in [0.5, 0.6) is 0 Å². The second-order valence-corrected chi connectivity index (χ2v) is 7.45. The number of carbonyl (C=O) groups is 3. The average molecular weight is 368 g/mol. The van der Waals surface area contributed by atoms with Crippen molar-refractivity contribution in [1.82, 2.24) is 0 Å². The fourth-order valence-electron chi connectivity index (χ4n) is 4.43. The molecule has 4 heterocycles. The molecule has 1 spiro atoms. The van der Waals surface area contributed by atoms with E-state index in [9.17, 15) is 24.6 Å². The monoisotopic (exact) mass is 368 g/mol. The highest BCUT2D eigenvalue weighted by molar-refractivity contribution is 5.85. The van der Waals surface area contributed by atoms with E-state index in [0.29, 0.717) is 5.57 Å². The quantitative estimate of drug-likeness (QED) is 0.352. The van der Waals surface area contributed by atoms with E-state index in [0.717, 1.165) is 6.92 Å². The molecule has 3 fully saturated rings. The second kappa shape index (κ2) is 5.05. The zero-order valence-corrected chi connectivity index (χ0v) is 14.6. The number of esters is 3. The Morgan fingerprint density at radius 1 is 1.35 bits per heavy atom. The first kappa shape index (κ1) is 17.4. The summed E-state index contributed by atoms with van der Waals surface area (Å²) in [6.45, 7) is 4.27. The van der Waals surface area contributed by atoms with Crippen molar-refractivity contribution in [1.29, 1.82) is 0 Å². The zero-order valence-electron chi connectivity index (χ0n) is 14.6. The second-order valence-electron chi connectivity index (χ2n) is 7.45. The number of rotatable bonds is 1. The Bertz CT molecular complexity index is 745. The summed E-state index contributed by atoms with van der Waals surface area (Å²) < 4.78 is 21.8. The first-order valence-corrected chi connectivity index (χ1v) is 8.48. The normalized spacial score (nSPS) is 49.3. The Morgan fingerprint density at radius 3 is 2.69 bits per heavy atom. The van der Waals surface area contributed by atoms with E-state index in [4.69, 9.17) is 18.9 Å². The van der Waals surface area contributed by atoms with Crippen molar-refractivity contribution < 1.29 is 43.5 Å². The summed E-state index contributed by atoms with van der Waals surface area (Å²) in [4.78, 5) is 36.4. The van der Waals surface area contributed by atoms with E-state index in [2.05, 4.69) is 0 Å². The molecule has 0 radical (unpaired) electrons. The molecule has 0 aromatic carbocycles. The van der Waals surface area contributed by atoms with Gasteiger partial charge in [-0.3, -0.25) is 9.59 Å². The first-order chi connectivity index (χ1) is 12.0. The van der Waals surface area contributed by atoms with Gasteiger partial charge in [-0.25, -0.2) is 4.79 Å². The Kier molecular flexibility index (Phi) is 3.39. The van der Waals surface area contributed by atoms with Crippen LogP contribution in [0.15, 0.2) is 11.6 Å². The van der Waals surface area contributed by atoms with Crippen LogP contribution in [-0.4, -0.2) is 63.4 Å². The number of aliphatic hydroxyl groups is 2. The van der Waals surface area contributed by atoms with Gasteiger partial charge < -0.3 is 29.2 Å². The van der Waals surface area contributed by atoms with Crippen LogP contribution in [0.4, 0.5) is 0 Å². The largest absolute Gasteiger partial charge is 0.455 e. The van der Waals surface area contributed by atoms with Gasteiger partial charge in [0, 0.05) is 6.92 Å². The molecule has 4 aliphatic rings. The molecule has 9 nitrogen and oxygen atoms in total. The van der Waals surface area contributed by atoms with Crippen molar-refractivity contribution in [2.75, 3.05) is 0 Å². The lowest BCUT2D eigenvalue weighted by molar-refractivity contribution is -0.283. The molecule has 26 heavy (non-hydrogen) atoms. The number of fused-ring (bicyclic) bond motifs is 4. The highest BCUT2D eigenvalue weighted by Gasteiger charge is 2.78. The molecule has 9 heteroatoms. The van der Waals surface area contributed by atoms with Gasteiger partial charge in [-0.1, -0.05) is 0 Å². The van der Waals surface area contributed by atoms with Crippen LogP contribution in [0.3, 0.4) is 0 Å². The van der Waals surface area contributed by atoms with Crippen LogP contribution in [0, 0.1) is 5.92 Å². The summed E-state index contributed by atoms with van der Waals surface area (Å²) in [6.07, 6.45) is -2.03. The summed E-state index contributed by atoms with van der Waals surface area (Å²) in [5.74, 6) is -5.54. The fraction of sp³-hybridized carbons (Fsp3) is 0.706. The maximum atomic E-state index is 12.5. The van der Waals surface area contributed by atoms with Gasteiger partial charge in [-0.2, -0.15) is 0 Å². The molecule has 3 saturated heterocycles. The van der Waals surface area contributed by atoms with E-state index in [-0.39, 0.29) is 12.8 Å². The van der Waals surface area contributed by atoms with Gasteiger partial charge in [0.05, 0.1) is 12.0 Å². The standard InChI is InChI=1S/C17H20O9/c1-7-6-16-17(22,8(2)13(19)26-16)12-11(23-9(3)18)15(21,14(20)24-12)5-4-10(7)25-16/h6,8,10-12,21-22H,4-5H2,1-3H3. The van der Waals surface area contributed by atoms with Crippen molar-refractivity contribution in [3.63, 3.8) is 0 Å². The summed E-state index contributed by atoms with van der Waals surface area (Å²) in [7, 11) is 0. The van der Waals surface area contributed by atoms with Crippen molar-refractivity contribution in [3.05, 3.63) is 11.6 Å². The van der Waals surface area contributed by atoms with Crippen molar-refractivity contribution in [2.24, 2.45) is 5.92 Å². The molecule has 4 bridgehead atoms. The Morgan fingerprint density at radius 2 is 2.04 bits per heavy atom. The van der Waals surface area contributed by atoms with Crippen LogP contribution in [-0.2, 0) is 33.3 Å². The third-order valence-electron chi connectivity index (χ3n) is 5.91. The van der Waals surface area contributed by atoms with E-state index in [1.807, 2.05) is 0 Å². The molecular formula is C17H20O9. The van der Waals surface area contributed by atoms with Crippen molar-refractivity contribution in [2.45, 2.75) is 68.9 Å². The van der Waals surface area contributed by atoms with Crippen LogP contribution >= 0.6 is 0 Å². The summed E-state index contributed by atoms with van der Waals surface area (Å²) in [6, 6.07) is 0. The molecule has 4 rings (SSSR count). The maximum Gasteiger partial charge on any atom is 0.342 e. The minimum atomic E-state index is -2.18. The molecular weight excluding hydrogens is 348 g/mol. The molecule has 0 aromatic rings. The summed E-state index contributed by atoms with van der Waals surface area (Å²) >= 11 is 0. The number of hydrogen-bond acceptors (Lipinski definition) is 9. The SMILES string of the molecule is CC(=O)OC1C2OC(=O)C1(O)CCC1OC3(C=C1C)OC(=O)C(C)C23O. The topological polar surface area (TPSA) is 129 Å². The molecule has 7 atom stereocenters. The number of ether oxygens (including phenoxy) is 4. The molecule has 0 aliphatic carbocycles. The summed E-state index contributed by atoms with van der Waals surface area (Å²) in [5, 5.41) is 22.5. The lowest BCUT2D eigenvalue weighted by Gasteiger charge is -2.41. The van der Waals surface area contributed by atoms with Crippen LogP contribution in [0.25, 0.3) is 0 Å². The molecule has 0 amide bonds.